The highest BCUT2D eigenvalue weighted by molar-refractivity contribution is 5.87. The quantitative estimate of drug-likeness (QED) is 0.529. The summed E-state index contributed by atoms with van der Waals surface area (Å²) in [5.74, 6) is 0.644. The zero-order valence-electron chi connectivity index (χ0n) is 18.4. The van der Waals surface area contributed by atoms with Crippen LogP contribution in [0.15, 0.2) is 54.6 Å². The van der Waals surface area contributed by atoms with Crippen molar-refractivity contribution < 1.29 is 14.3 Å². The minimum atomic E-state index is -0.490. The fourth-order valence-electron chi connectivity index (χ4n) is 3.43. The number of carbonyl (C=O) groups is 2. The summed E-state index contributed by atoms with van der Waals surface area (Å²) in [7, 11) is 1.62. The van der Waals surface area contributed by atoms with Gasteiger partial charge >= 0.3 is 0 Å². The van der Waals surface area contributed by atoms with Crippen molar-refractivity contribution in [1.29, 1.82) is 0 Å². The van der Waals surface area contributed by atoms with Crippen molar-refractivity contribution in [2.75, 3.05) is 13.7 Å². The van der Waals surface area contributed by atoms with Gasteiger partial charge in [-0.3, -0.25) is 9.59 Å². The number of hydrogen-bond donors (Lipinski definition) is 1. The van der Waals surface area contributed by atoms with Crippen molar-refractivity contribution in [3.05, 3.63) is 65.7 Å². The average molecular weight is 411 g/mol. The number of nitrogens with zero attached hydrogens (tertiary/aromatic N) is 1. The van der Waals surface area contributed by atoms with E-state index in [1.165, 1.54) is 0 Å². The normalized spacial score (nSPS) is 11.6. The van der Waals surface area contributed by atoms with Gasteiger partial charge in [0, 0.05) is 19.5 Å². The van der Waals surface area contributed by atoms with Crippen molar-refractivity contribution in [2.45, 2.75) is 58.5 Å². The molecular weight excluding hydrogens is 376 g/mol. The van der Waals surface area contributed by atoms with Gasteiger partial charge in [0.15, 0.2) is 0 Å². The van der Waals surface area contributed by atoms with Crippen LogP contribution in [0.2, 0.25) is 0 Å². The lowest BCUT2D eigenvalue weighted by Crippen LogP contribution is -2.49. The van der Waals surface area contributed by atoms with Crippen LogP contribution < -0.4 is 10.1 Å². The molecule has 0 aliphatic carbocycles. The predicted molar refractivity (Wildman–Crippen MR) is 120 cm³/mol. The number of methoxy groups -OCH3 is 1. The Kier molecular flexibility index (Phi) is 9.92. The molecule has 0 radical (unpaired) electrons. The monoisotopic (exact) mass is 410 g/mol. The lowest BCUT2D eigenvalue weighted by Gasteiger charge is -2.31. The van der Waals surface area contributed by atoms with Crippen molar-refractivity contribution in [3.63, 3.8) is 0 Å². The third-order valence-corrected chi connectivity index (χ3v) is 5.17. The maximum absolute atomic E-state index is 13.2. The summed E-state index contributed by atoms with van der Waals surface area (Å²) >= 11 is 0. The topological polar surface area (TPSA) is 58.6 Å². The number of rotatable bonds is 12. The van der Waals surface area contributed by atoms with Crippen molar-refractivity contribution in [3.8, 4) is 5.75 Å². The summed E-state index contributed by atoms with van der Waals surface area (Å²) in [5.41, 5.74) is 2.06. The molecule has 2 aromatic rings. The smallest absolute Gasteiger partial charge is 0.242 e. The first-order valence-electron chi connectivity index (χ1n) is 10.8. The van der Waals surface area contributed by atoms with Crippen LogP contribution in [0.5, 0.6) is 5.75 Å². The molecule has 0 heterocycles. The number of carbonyl (C=O) groups excluding carboxylic acids is 2. The lowest BCUT2D eigenvalue weighted by molar-refractivity contribution is -0.141. The summed E-state index contributed by atoms with van der Waals surface area (Å²) in [6.45, 7) is 5.06. The Morgan fingerprint density at radius 1 is 1.03 bits per heavy atom. The Morgan fingerprint density at radius 3 is 2.43 bits per heavy atom. The van der Waals surface area contributed by atoms with E-state index in [1.807, 2.05) is 61.5 Å². The van der Waals surface area contributed by atoms with Gasteiger partial charge in [0.2, 0.25) is 11.8 Å². The molecule has 5 heteroatoms. The maximum atomic E-state index is 13.2. The molecular formula is C25H34N2O3. The number of aryl methyl sites for hydroxylation is 1. The second-order valence-corrected chi connectivity index (χ2v) is 7.43. The van der Waals surface area contributed by atoms with Crippen LogP contribution in [-0.4, -0.2) is 36.4 Å². The second kappa shape index (κ2) is 12.7. The summed E-state index contributed by atoms with van der Waals surface area (Å²) in [4.78, 5) is 27.8. The highest BCUT2D eigenvalue weighted by atomic mass is 16.5. The van der Waals surface area contributed by atoms with E-state index in [0.29, 0.717) is 32.4 Å². The standard InChI is InChI=1S/C25H34N2O3/c1-4-6-17-26-25(29)23(5-2)27(19-21-13-10-14-22(18-21)30-3)24(28)16-15-20-11-8-7-9-12-20/h7-14,18,23H,4-6,15-17,19H2,1-3H3,(H,26,29)/t23-/m1/s1. The van der Waals surface area contributed by atoms with E-state index in [9.17, 15) is 9.59 Å². The SMILES string of the molecule is CCCCNC(=O)[C@@H](CC)N(Cc1cccc(OC)c1)C(=O)CCc1ccccc1. The first-order valence-corrected chi connectivity index (χ1v) is 10.8. The van der Waals surface area contributed by atoms with Crippen LogP contribution in [0, 0.1) is 0 Å². The van der Waals surface area contributed by atoms with Gasteiger partial charge in [-0.2, -0.15) is 0 Å². The van der Waals surface area contributed by atoms with Crippen LogP contribution in [0.1, 0.15) is 50.7 Å². The average Bonchev–Trinajstić information content (AvgIpc) is 2.78. The molecule has 0 spiro atoms. The molecule has 0 fully saturated rings. The Labute approximate surface area is 180 Å². The van der Waals surface area contributed by atoms with Crippen molar-refractivity contribution in [2.24, 2.45) is 0 Å². The minimum Gasteiger partial charge on any atom is -0.497 e. The Hall–Kier alpha value is -2.82. The van der Waals surface area contributed by atoms with E-state index in [2.05, 4.69) is 12.2 Å². The molecule has 1 N–H and O–H groups in total. The van der Waals surface area contributed by atoms with E-state index < -0.39 is 6.04 Å². The summed E-state index contributed by atoms with van der Waals surface area (Å²) < 4.78 is 5.32. The van der Waals surface area contributed by atoms with Crippen LogP contribution in [0.25, 0.3) is 0 Å². The highest BCUT2D eigenvalue weighted by Crippen LogP contribution is 2.18. The Balaban J connectivity index is 2.18. The molecule has 0 aromatic heterocycles. The van der Waals surface area contributed by atoms with Gasteiger partial charge in [-0.1, -0.05) is 62.7 Å². The van der Waals surface area contributed by atoms with Gasteiger partial charge in [-0.15, -0.1) is 0 Å². The van der Waals surface area contributed by atoms with E-state index in [1.54, 1.807) is 12.0 Å². The fraction of sp³-hybridized carbons (Fsp3) is 0.440. The summed E-state index contributed by atoms with van der Waals surface area (Å²) in [6, 6.07) is 17.1. The molecule has 0 aliphatic rings. The van der Waals surface area contributed by atoms with Crippen LogP contribution in [0.4, 0.5) is 0 Å². The van der Waals surface area contributed by atoms with E-state index in [4.69, 9.17) is 4.74 Å². The zero-order valence-corrected chi connectivity index (χ0v) is 18.4. The van der Waals surface area contributed by atoms with E-state index in [0.717, 1.165) is 29.7 Å². The number of nitrogens with one attached hydrogen (secondary N) is 1. The van der Waals surface area contributed by atoms with Crippen molar-refractivity contribution in [1.82, 2.24) is 10.2 Å². The molecule has 5 nitrogen and oxygen atoms in total. The molecule has 0 saturated heterocycles. The largest absolute Gasteiger partial charge is 0.497 e. The number of hydrogen-bond acceptors (Lipinski definition) is 3. The van der Waals surface area contributed by atoms with Gasteiger partial charge in [0.25, 0.3) is 0 Å². The summed E-state index contributed by atoms with van der Waals surface area (Å²) in [6.07, 6.45) is 3.54. The maximum Gasteiger partial charge on any atom is 0.242 e. The molecule has 0 aliphatic heterocycles. The van der Waals surface area contributed by atoms with E-state index in [-0.39, 0.29) is 11.8 Å². The minimum absolute atomic E-state index is 0.0147. The third-order valence-electron chi connectivity index (χ3n) is 5.17. The second-order valence-electron chi connectivity index (χ2n) is 7.43. The highest BCUT2D eigenvalue weighted by Gasteiger charge is 2.28. The van der Waals surface area contributed by atoms with Gasteiger partial charge < -0.3 is 15.0 Å². The van der Waals surface area contributed by atoms with Gasteiger partial charge in [0.05, 0.1) is 7.11 Å². The Bertz CT molecular complexity index is 792. The first kappa shape index (κ1) is 23.5. The van der Waals surface area contributed by atoms with Crippen LogP contribution in [0.3, 0.4) is 0 Å². The molecule has 2 amide bonds. The number of benzene rings is 2. The molecule has 0 saturated carbocycles. The molecule has 0 bridgehead atoms. The predicted octanol–water partition coefficient (Wildman–Crippen LogP) is 4.35. The zero-order chi connectivity index (χ0) is 21.8. The molecule has 0 unspecified atom stereocenters. The first-order chi connectivity index (χ1) is 14.6. The number of ether oxygens (including phenoxy) is 1. The Morgan fingerprint density at radius 2 is 1.77 bits per heavy atom. The molecule has 162 valence electrons. The fourth-order valence-corrected chi connectivity index (χ4v) is 3.43. The summed E-state index contributed by atoms with van der Waals surface area (Å²) in [5, 5.41) is 2.99. The van der Waals surface area contributed by atoms with Gasteiger partial charge in [-0.05, 0) is 42.5 Å². The lowest BCUT2D eigenvalue weighted by atomic mass is 10.1. The molecule has 2 rings (SSSR count). The van der Waals surface area contributed by atoms with Crippen LogP contribution >= 0.6 is 0 Å². The van der Waals surface area contributed by atoms with Crippen molar-refractivity contribution >= 4 is 11.8 Å². The number of unbranched alkanes of at least 4 members (excludes halogenated alkanes) is 1. The van der Waals surface area contributed by atoms with Crippen LogP contribution in [-0.2, 0) is 22.6 Å². The molecule has 2 aromatic carbocycles. The number of amides is 2. The third kappa shape index (κ3) is 7.21. The van der Waals surface area contributed by atoms with Gasteiger partial charge in [0.1, 0.15) is 11.8 Å². The molecule has 1 atom stereocenters. The molecule has 30 heavy (non-hydrogen) atoms. The van der Waals surface area contributed by atoms with Gasteiger partial charge in [-0.25, -0.2) is 0 Å². The van der Waals surface area contributed by atoms with E-state index >= 15 is 0 Å².